The van der Waals surface area contributed by atoms with Gasteiger partial charge in [0.15, 0.2) is 5.90 Å². The highest BCUT2D eigenvalue weighted by Crippen LogP contribution is 2.27. The van der Waals surface area contributed by atoms with Crippen LogP contribution in [0.2, 0.25) is 0 Å². The number of aliphatic imine (C=N–C) groups is 1. The van der Waals surface area contributed by atoms with E-state index in [0.717, 1.165) is 25.2 Å². The first-order valence-corrected chi connectivity index (χ1v) is 4.22. The quantitative estimate of drug-likeness (QED) is 0.558. The molecular formula is C8H14N2O. The number of hydrogen-bond acceptors (Lipinski definition) is 3. The van der Waals surface area contributed by atoms with Gasteiger partial charge in [0.1, 0.15) is 6.10 Å². The van der Waals surface area contributed by atoms with Gasteiger partial charge in [-0.2, -0.15) is 0 Å². The van der Waals surface area contributed by atoms with Gasteiger partial charge in [-0.3, -0.25) is 0 Å². The van der Waals surface area contributed by atoms with Gasteiger partial charge >= 0.3 is 0 Å². The van der Waals surface area contributed by atoms with Gasteiger partial charge in [-0.15, -0.1) is 0 Å². The van der Waals surface area contributed by atoms with E-state index in [0.29, 0.717) is 18.2 Å². The topological polar surface area (TPSA) is 47.6 Å². The van der Waals surface area contributed by atoms with Crippen molar-refractivity contribution in [3.63, 3.8) is 0 Å². The monoisotopic (exact) mass is 154 g/mol. The molecule has 0 aromatic carbocycles. The van der Waals surface area contributed by atoms with Crippen LogP contribution in [0.4, 0.5) is 0 Å². The van der Waals surface area contributed by atoms with Crippen LogP contribution in [0.5, 0.6) is 0 Å². The van der Waals surface area contributed by atoms with Gasteiger partial charge in [0, 0.05) is 13.0 Å². The van der Waals surface area contributed by atoms with Crippen LogP contribution in [0.1, 0.15) is 26.2 Å². The summed E-state index contributed by atoms with van der Waals surface area (Å²) in [7, 11) is 0. The van der Waals surface area contributed by atoms with E-state index in [9.17, 15) is 0 Å². The SMILES string of the molecule is CC1=NC2CC(N)CCC2O1. The summed E-state index contributed by atoms with van der Waals surface area (Å²) in [6.45, 7) is 1.92. The van der Waals surface area contributed by atoms with Crippen LogP contribution < -0.4 is 5.73 Å². The molecule has 0 aromatic rings. The molecule has 2 aliphatic rings. The van der Waals surface area contributed by atoms with E-state index in [2.05, 4.69) is 4.99 Å². The predicted octanol–water partition coefficient (Wildman–Crippen LogP) is 0.683. The molecular weight excluding hydrogens is 140 g/mol. The normalized spacial score (nSPS) is 42.7. The van der Waals surface area contributed by atoms with Crippen molar-refractivity contribution in [3.8, 4) is 0 Å². The molecule has 0 aromatic heterocycles. The van der Waals surface area contributed by atoms with E-state index in [4.69, 9.17) is 10.5 Å². The zero-order valence-electron chi connectivity index (χ0n) is 6.79. The average Bonchev–Trinajstić information content (AvgIpc) is 2.27. The van der Waals surface area contributed by atoms with E-state index < -0.39 is 0 Å². The zero-order valence-corrected chi connectivity index (χ0v) is 6.79. The van der Waals surface area contributed by atoms with Crippen molar-refractivity contribution in [2.75, 3.05) is 0 Å². The molecule has 0 bridgehead atoms. The molecule has 0 spiro atoms. The Labute approximate surface area is 66.6 Å². The Balaban J connectivity index is 2.05. The summed E-state index contributed by atoms with van der Waals surface area (Å²) in [5.74, 6) is 0.842. The number of hydrogen-bond donors (Lipinski definition) is 1. The second-order valence-electron chi connectivity index (χ2n) is 3.44. The molecule has 62 valence electrons. The first kappa shape index (κ1) is 7.10. The molecule has 2 N–H and O–H groups in total. The van der Waals surface area contributed by atoms with Crippen molar-refractivity contribution in [2.45, 2.75) is 44.4 Å². The zero-order chi connectivity index (χ0) is 7.84. The van der Waals surface area contributed by atoms with Gasteiger partial charge in [0.2, 0.25) is 0 Å². The molecule has 0 amide bonds. The van der Waals surface area contributed by atoms with Crippen molar-refractivity contribution >= 4 is 5.90 Å². The lowest BCUT2D eigenvalue weighted by Crippen LogP contribution is -2.37. The van der Waals surface area contributed by atoms with Gasteiger partial charge in [0.05, 0.1) is 6.04 Å². The highest BCUT2D eigenvalue weighted by atomic mass is 16.5. The fourth-order valence-electron chi connectivity index (χ4n) is 1.91. The number of ether oxygens (including phenoxy) is 1. The Kier molecular flexibility index (Phi) is 1.60. The maximum atomic E-state index is 5.81. The molecule has 1 aliphatic heterocycles. The summed E-state index contributed by atoms with van der Waals surface area (Å²) >= 11 is 0. The van der Waals surface area contributed by atoms with E-state index in [1.807, 2.05) is 6.92 Å². The maximum absolute atomic E-state index is 5.81. The molecule has 1 heterocycles. The van der Waals surface area contributed by atoms with Crippen LogP contribution in [0.3, 0.4) is 0 Å². The fourth-order valence-corrected chi connectivity index (χ4v) is 1.91. The van der Waals surface area contributed by atoms with Crippen LogP contribution in [0.15, 0.2) is 4.99 Å². The lowest BCUT2D eigenvalue weighted by Gasteiger charge is -2.26. The molecule has 3 nitrogen and oxygen atoms in total. The second kappa shape index (κ2) is 2.48. The third-order valence-electron chi connectivity index (χ3n) is 2.46. The summed E-state index contributed by atoms with van der Waals surface area (Å²) in [5.41, 5.74) is 5.81. The van der Waals surface area contributed by atoms with Gasteiger partial charge in [-0.05, 0) is 19.3 Å². The van der Waals surface area contributed by atoms with Crippen molar-refractivity contribution in [1.82, 2.24) is 0 Å². The Morgan fingerprint density at radius 3 is 3.18 bits per heavy atom. The highest BCUT2D eigenvalue weighted by Gasteiger charge is 2.34. The minimum atomic E-state index is 0.342. The molecule has 3 unspecified atom stereocenters. The number of rotatable bonds is 0. The largest absolute Gasteiger partial charge is 0.476 e. The molecule has 0 radical (unpaired) electrons. The number of nitrogens with zero attached hydrogens (tertiary/aromatic N) is 1. The van der Waals surface area contributed by atoms with E-state index >= 15 is 0 Å². The van der Waals surface area contributed by atoms with Crippen LogP contribution in [0, 0.1) is 0 Å². The van der Waals surface area contributed by atoms with Crippen molar-refractivity contribution in [3.05, 3.63) is 0 Å². The Morgan fingerprint density at radius 1 is 1.55 bits per heavy atom. The van der Waals surface area contributed by atoms with Crippen LogP contribution in [-0.2, 0) is 4.74 Å². The molecule has 0 saturated heterocycles. The highest BCUT2D eigenvalue weighted by molar-refractivity contribution is 5.75. The van der Waals surface area contributed by atoms with Crippen molar-refractivity contribution < 1.29 is 4.74 Å². The van der Waals surface area contributed by atoms with Crippen molar-refractivity contribution in [2.24, 2.45) is 10.7 Å². The van der Waals surface area contributed by atoms with Gasteiger partial charge in [-0.1, -0.05) is 0 Å². The molecule has 1 saturated carbocycles. The molecule has 3 heteroatoms. The average molecular weight is 154 g/mol. The smallest absolute Gasteiger partial charge is 0.180 e. The Morgan fingerprint density at radius 2 is 2.36 bits per heavy atom. The van der Waals surface area contributed by atoms with E-state index in [-0.39, 0.29) is 0 Å². The number of nitrogens with two attached hydrogens (primary N) is 1. The third kappa shape index (κ3) is 1.25. The molecule has 11 heavy (non-hydrogen) atoms. The second-order valence-corrected chi connectivity index (χ2v) is 3.44. The molecule has 3 atom stereocenters. The standard InChI is InChI=1S/C8H14N2O/c1-5-10-7-4-6(9)2-3-8(7)11-5/h6-8H,2-4,9H2,1H3. The summed E-state index contributed by atoms with van der Waals surface area (Å²) in [4.78, 5) is 4.38. The Hall–Kier alpha value is -0.570. The lowest BCUT2D eigenvalue weighted by atomic mass is 9.90. The minimum absolute atomic E-state index is 0.342. The van der Waals surface area contributed by atoms with Gasteiger partial charge in [-0.25, -0.2) is 4.99 Å². The molecule has 1 fully saturated rings. The minimum Gasteiger partial charge on any atom is -0.476 e. The lowest BCUT2D eigenvalue weighted by molar-refractivity contribution is 0.143. The van der Waals surface area contributed by atoms with Crippen molar-refractivity contribution in [1.29, 1.82) is 0 Å². The van der Waals surface area contributed by atoms with Gasteiger partial charge < -0.3 is 10.5 Å². The first-order valence-electron chi connectivity index (χ1n) is 4.22. The summed E-state index contributed by atoms with van der Waals surface area (Å²) in [6.07, 6.45) is 3.51. The number of fused-ring (bicyclic) bond motifs is 1. The third-order valence-corrected chi connectivity index (χ3v) is 2.46. The van der Waals surface area contributed by atoms with E-state index in [1.165, 1.54) is 0 Å². The maximum Gasteiger partial charge on any atom is 0.180 e. The summed E-state index contributed by atoms with van der Waals surface area (Å²) in [6, 6.07) is 0.702. The summed E-state index contributed by atoms with van der Waals surface area (Å²) < 4.78 is 5.51. The van der Waals surface area contributed by atoms with Crippen LogP contribution in [-0.4, -0.2) is 24.1 Å². The predicted molar refractivity (Wildman–Crippen MR) is 43.6 cm³/mol. The van der Waals surface area contributed by atoms with Crippen LogP contribution >= 0.6 is 0 Å². The van der Waals surface area contributed by atoms with Crippen LogP contribution in [0.25, 0.3) is 0 Å². The first-order chi connectivity index (χ1) is 5.25. The van der Waals surface area contributed by atoms with E-state index in [1.54, 1.807) is 0 Å². The molecule has 2 rings (SSSR count). The fraction of sp³-hybridized carbons (Fsp3) is 0.875. The molecule has 1 aliphatic carbocycles. The van der Waals surface area contributed by atoms with Gasteiger partial charge in [0.25, 0.3) is 0 Å². The summed E-state index contributed by atoms with van der Waals surface area (Å²) in [5, 5.41) is 0. The Bertz CT molecular complexity index is 191.